The zero-order chi connectivity index (χ0) is 14.2. The Morgan fingerprint density at radius 2 is 2.00 bits per heavy atom. The molecule has 0 aliphatic carbocycles. The van der Waals surface area contributed by atoms with Gasteiger partial charge < -0.3 is 10.2 Å². The minimum atomic E-state index is -0.0603. The monoisotopic (exact) mass is 270 g/mol. The first-order chi connectivity index (χ1) is 9.79. The van der Waals surface area contributed by atoms with Gasteiger partial charge in [-0.25, -0.2) is 0 Å². The Morgan fingerprint density at radius 1 is 1.30 bits per heavy atom. The molecule has 1 aromatic rings. The molecule has 106 valence electrons. The lowest BCUT2D eigenvalue weighted by Gasteiger charge is -2.28. The van der Waals surface area contributed by atoms with Gasteiger partial charge in [0, 0.05) is 24.6 Å². The van der Waals surface area contributed by atoms with Crippen LogP contribution in [0.25, 0.3) is 0 Å². The zero-order valence-corrected chi connectivity index (χ0v) is 12.1. The highest BCUT2D eigenvalue weighted by atomic mass is 16.2. The summed E-state index contributed by atoms with van der Waals surface area (Å²) < 4.78 is 0. The first kappa shape index (κ1) is 14.6. The molecule has 0 saturated carbocycles. The number of nitrogens with one attached hydrogen (secondary N) is 1. The third kappa shape index (κ3) is 4.40. The second kappa shape index (κ2) is 7.72. The van der Waals surface area contributed by atoms with Crippen molar-refractivity contribution in [3.63, 3.8) is 0 Å². The molecular weight excluding hydrogens is 248 g/mol. The van der Waals surface area contributed by atoms with Gasteiger partial charge in [0.05, 0.1) is 0 Å². The molecule has 1 aliphatic heterocycles. The van der Waals surface area contributed by atoms with Gasteiger partial charge in [-0.15, -0.1) is 0 Å². The number of nitrogens with zero attached hydrogens (tertiary/aromatic N) is 1. The molecule has 1 heterocycles. The van der Waals surface area contributed by atoms with Gasteiger partial charge >= 0.3 is 0 Å². The molecule has 3 heteroatoms. The van der Waals surface area contributed by atoms with Crippen molar-refractivity contribution in [3.05, 3.63) is 35.9 Å². The van der Waals surface area contributed by atoms with Crippen molar-refractivity contribution in [1.29, 1.82) is 0 Å². The lowest BCUT2D eigenvalue weighted by molar-refractivity contribution is -0.125. The van der Waals surface area contributed by atoms with Crippen LogP contribution in [0.15, 0.2) is 30.3 Å². The second-order valence-electron chi connectivity index (χ2n) is 5.15. The fraction of sp³-hybridized carbons (Fsp3) is 0.471. The van der Waals surface area contributed by atoms with E-state index >= 15 is 0 Å². The summed E-state index contributed by atoms with van der Waals surface area (Å²) in [7, 11) is 0. The Kier molecular flexibility index (Phi) is 5.64. The van der Waals surface area contributed by atoms with Gasteiger partial charge in [-0.2, -0.15) is 0 Å². The van der Waals surface area contributed by atoms with E-state index in [-0.39, 0.29) is 5.91 Å². The maximum absolute atomic E-state index is 12.2. The van der Waals surface area contributed by atoms with Crippen molar-refractivity contribution in [3.8, 4) is 11.8 Å². The van der Waals surface area contributed by atoms with Crippen LogP contribution in [-0.4, -0.2) is 37.0 Å². The number of piperidine rings is 1. The van der Waals surface area contributed by atoms with E-state index in [2.05, 4.69) is 17.2 Å². The number of carbonyl (C=O) groups excluding carboxylic acids is 1. The summed E-state index contributed by atoms with van der Waals surface area (Å²) in [5.74, 6) is 6.25. The summed E-state index contributed by atoms with van der Waals surface area (Å²) in [5, 5.41) is 3.35. The van der Waals surface area contributed by atoms with Crippen LogP contribution in [0.5, 0.6) is 0 Å². The molecule has 1 aromatic carbocycles. The Bertz CT molecular complexity index is 481. The molecule has 1 amide bonds. The lowest BCUT2D eigenvalue weighted by atomic mass is 9.97. The van der Waals surface area contributed by atoms with Crippen molar-refractivity contribution in [1.82, 2.24) is 10.2 Å². The fourth-order valence-electron chi connectivity index (χ4n) is 2.46. The topological polar surface area (TPSA) is 32.3 Å². The van der Waals surface area contributed by atoms with Crippen molar-refractivity contribution in [2.24, 2.45) is 5.92 Å². The number of hydrogen-bond donors (Lipinski definition) is 1. The number of amides is 1. The van der Waals surface area contributed by atoms with E-state index in [1.54, 1.807) is 0 Å². The van der Waals surface area contributed by atoms with E-state index in [9.17, 15) is 4.79 Å². The average molecular weight is 270 g/mol. The molecule has 1 N–H and O–H groups in total. The van der Waals surface area contributed by atoms with Gasteiger partial charge in [-0.3, -0.25) is 4.79 Å². The van der Waals surface area contributed by atoms with Gasteiger partial charge in [0.2, 0.25) is 0 Å². The number of benzene rings is 1. The van der Waals surface area contributed by atoms with E-state index in [0.717, 1.165) is 44.6 Å². The van der Waals surface area contributed by atoms with Crippen molar-refractivity contribution >= 4 is 5.91 Å². The second-order valence-corrected chi connectivity index (χ2v) is 5.15. The Labute approximate surface area is 121 Å². The maximum atomic E-state index is 12.2. The minimum absolute atomic E-state index is 0.0603. The van der Waals surface area contributed by atoms with E-state index in [1.807, 2.05) is 42.2 Å². The van der Waals surface area contributed by atoms with Gasteiger partial charge in [0.25, 0.3) is 5.91 Å². The van der Waals surface area contributed by atoms with Crippen LogP contribution < -0.4 is 5.32 Å². The molecular formula is C17H22N2O. The third-order valence-corrected chi connectivity index (χ3v) is 3.69. The molecule has 3 nitrogen and oxygen atoms in total. The van der Waals surface area contributed by atoms with E-state index in [0.29, 0.717) is 5.92 Å². The summed E-state index contributed by atoms with van der Waals surface area (Å²) in [6.07, 6.45) is 2.30. The molecule has 0 aromatic heterocycles. The smallest absolute Gasteiger partial charge is 0.298 e. The van der Waals surface area contributed by atoms with Crippen LogP contribution in [0.3, 0.4) is 0 Å². The lowest BCUT2D eigenvalue weighted by Crippen LogP contribution is -2.38. The third-order valence-electron chi connectivity index (χ3n) is 3.69. The van der Waals surface area contributed by atoms with Crippen LogP contribution in [0, 0.1) is 17.8 Å². The van der Waals surface area contributed by atoms with Gasteiger partial charge in [-0.1, -0.05) is 24.1 Å². The molecule has 0 atom stereocenters. The average Bonchev–Trinajstić information content (AvgIpc) is 2.52. The molecule has 20 heavy (non-hydrogen) atoms. The summed E-state index contributed by atoms with van der Waals surface area (Å²) in [5.41, 5.74) is 0.888. The molecule has 1 fully saturated rings. The van der Waals surface area contributed by atoms with Crippen LogP contribution in [-0.2, 0) is 4.79 Å². The molecule has 2 rings (SSSR count). The quantitative estimate of drug-likeness (QED) is 0.851. The van der Waals surface area contributed by atoms with Gasteiger partial charge in [0.15, 0.2) is 0 Å². The zero-order valence-electron chi connectivity index (χ0n) is 12.1. The van der Waals surface area contributed by atoms with Crippen molar-refractivity contribution in [2.75, 3.05) is 26.2 Å². The highest BCUT2D eigenvalue weighted by Gasteiger charge is 2.18. The number of rotatable bonds is 3. The SMILES string of the molecule is CCN(CC1CCNCC1)C(=O)C#Cc1ccccc1. The van der Waals surface area contributed by atoms with Crippen molar-refractivity contribution in [2.45, 2.75) is 19.8 Å². The van der Waals surface area contributed by atoms with Gasteiger partial charge in [0.1, 0.15) is 0 Å². The molecule has 0 radical (unpaired) electrons. The Morgan fingerprint density at radius 3 is 2.65 bits per heavy atom. The van der Waals surface area contributed by atoms with Crippen LogP contribution >= 0.6 is 0 Å². The first-order valence-corrected chi connectivity index (χ1v) is 7.36. The number of hydrogen-bond acceptors (Lipinski definition) is 2. The summed E-state index contributed by atoms with van der Waals surface area (Å²) in [6.45, 7) is 5.70. The van der Waals surface area contributed by atoms with E-state index < -0.39 is 0 Å². The fourth-order valence-corrected chi connectivity index (χ4v) is 2.46. The van der Waals surface area contributed by atoms with Crippen LogP contribution in [0.1, 0.15) is 25.3 Å². The predicted molar refractivity (Wildman–Crippen MR) is 81.2 cm³/mol. The summed E-state index contributed by atoms with van der Waals surface area (Å²) >= 11 is 0. The highest BCUT2D eigenvalue weighted by Crippen LogP contribution is 2.13. The van der Waals surface area contributed by atoms with Crippen LogP contribution in [0.2, 0.25) is 0 Å². The molecule has 0 unspecified atom stereocenters. The Hall–Kier alpha value is -1.79. The van der Waals surface area contributed by atoms with Gasteiger partial charge in [-0.05, 0) is 50.9 Å². The molecule has 1 saturated heterocycles. The molecule has 0 bridgehead atoms. The first-order valence-electron chi connectivity index (χ1n) is 7.36. The summed E-state index contributed by atoms with van der Waals surface area (Å²) in [4.78, 5) is 14.0. The van der Waals surface area contributed by atoms with E-state index in [4.69, 9.17) is 0 Å². The van der Waals surface area contributed by atoms with E-state index in [1.165, 1.54) is 0 Å². The molecule has 0 spiro atoms. The minimum Gasteiger partial charge on any atom is -0.332 e. The Balaban J connectivity index is 1.93. The largest absolute Gasteiger partial charge is 0.332 e. The van der Waals surface area contributed by atoms with Crippen LogP contribution in [0.4, 0.5) is 0 Å². The van der Waals surface area contributed by atoms with Crippen molar-refractivity contribution < 1.29 is 4.79 Å². The normalized spacial score (nSPS) is 15.2. The maximum Gasteiger partial charge on any atom is 0.298 e. The molecule has 1 aliphatic rings. The predicted octanol–water partition coefficient (Wildman–Crippen LogP) is 1.89. The standard InChI is InChI=1S/C17H22N2O/c1-2-19(14-16-10-12-18-13-11-16)17(20)9-8-15-6-4-3-5-7-15/h3-7,16,18H,2,10-14H2,1H3. The highest BCUT2D eigenvalue weighted by molar-refractivity contribution is 5.94. The number of carbonyl (C=O) groups is 1. The summed E-state index contributed by atoms with van der Waals surface area (Å²) in [6, 6.07) is 9.65.